The molecule has 0 fully saturated rings. The highest BCUT2D eigenvalue weighted by atomic mass is 79.9. The van der Waals surface area contributed by atoms with Crippen molar-refractivity contribution in [2.45, 2.75) is 4.90 Å². The third kappa shape index (κ3) is 4.20. The topological polar surface area (TPSA) is 66.5 Å². The van der Waals surface area contributed by atoms with Gasteiger partial charge in [0, 0.05) is 17.2 Å². The number of nitrogens with one attached hydrogen (secondary N) is 1. The van der Waals surface area contributed by atoms with Crippen LogP contribution in [0.2, 0.25) is 0 Å². The van der Waals surface area contributed by atoms with Crippen LogP contribution in [-0.2, 0) is 10.0 Å². The molecule has 0 atom stereocenters. The van der Waals surface area contributed by atoms with Gasteiger partial charge in [-0.1, -0.05) is 15.9 Å². The molecule has 0 bridgehead atoms. The number of benzene rings is 2. The Kier molecular flexibility index (Phi) is 5.64. The van der Waals surface area contributed by atoms with Crippen LogP contribution in [0.25, 0.3) is 0 Å². The van der Waals surface area contributed by atoms with E-state index < -0.39 is 21.7 Å². The van der Waals surface area contributed by atoms with Gasteiger partial charge in [-0.3, -0.25) is 9.10 Å². The van der Waals surface area contributed by atoms with E-state index in [9.17, 15) is 17.6 Å². The van der Waals surface area contributed by atoms with Gasteiger partial charge in [0.1, 0.15) is 15.6 Å². The lowest BCUT2D eigenvalue weighted by molar-refractivity contribution is 0.102. The summed E-state index contributed by atoms with van der Waals surface area (Å²) >= 11 is 4.35. The van der Waals surface area contributed by atoms with Crippen molar-refractivity contribution in [2.24, 2.45) is 0 Å². The van der Waals surface area contributed by atoms with Crippen LogP contribution in [0.1, 0.15) is 9.67 Å². The third-order valence-corrected chi connectivity index (χ3v) is 7.17. The van der Waals surface area contributed by atoms with Crippen LogP contribution >= 0.6 is 27.3 Å². The first kappa shape index (κ1) is 19.5. The summed E-state index contributed by atoms with van der Waals surface area (Å²) in [5.74, 6) is -0.979. The molecule has 0 aliphatic heterocycles. The number of amides is 1. The zero-order chi connectivity index (χ0) is 19.6. The molecule has 0 saturated heterocycles. The van der Waals surface area contributed by atoms with Gasteiger partial charge in [-0.25, -0.2) is 12.8 Å². The van der Waals surface area contributed by atoms with E-state index in [1.165, 1.54) is 37.4 Å². The molecule has 0 radical (unpaired) electrons. The van der Waals surface area contributed by atoms with Gasteiger partial charge >= 0.3 is 0 Å². The van der Waals surface area contributed by atoms with E-state index in [2.05, 4.69) is 21.2 Å². The smallest absolute Gasteiger partial charge is 0.267 e. The van der Waals surface area contributed by atoms with Gasteiger partial charge in [-0.2, -0.15) is 0 Å². The van der Waals surface area contributed by atoms with Gasteiger partial charge in [-0.05, 0) is 60.0 Å². The molecule has 0 saturated carbocycles. The molecule has 0 aliphatic rings. The van der Waals surface area contributed by atoms with E-state index in [0.29, 0.717) is 11.4 Å². The van der Waals surface area contributed by atoms with Crippen molar-refractivity contribution in [1.82, 2.24) is 0 Å². The minimum Gasteiger partial charge on any atom is -0.321 e. The quantitative estimate of drug-likeness (QED) is 0.588. The molecular formula is C18H14BrFN2O3S2. The number of halogens is 2. The first-order valence-electron chi connectivity index (χ1n) is 7.68. The largest absolute Gasteiger partial charge is 0.321 e. The number of sulfonamides is 1. The van der Waals surface area contributed by atoms with Gasteiger partial charge in [0.15, 0.2) is 0 Å². The number of thiophene rings is 1. The Morgan fingerprint density at radius 1 is 1.07 bits per heavy atom. The summed E-state index contributed by atoms with van der Waals surface area (Å²) in [7, 11) is -2.63. The Morgan fingerprint density at radius 3 is 2.33 bits per heavy atom. The second-order valence-electron chi connectivity index (χ2n) is 5.52. The standard InChI is InChI=1S/C18H14BrFN2O3S2/c1-22(15-8-4-13(20)5-9-15)27(24,25)16-10-11-26-17(16)18(23)21-14-6-2-12(19)3-7-14/h2-11H,1H3,(H,21,23). The SMILES string of the molecule is CN(c1ccc(F)cc1)S(=O)(=O)c1ccsc1C(=O)Nc1ccc(Br)cc1. The zero-order valence-corrected chi connectivity index (χ0v) is 17.2. The van der Waals surface area contributed by atoms with Crippen LogP contribution in [0.4, 0.5) is 15.8 Å². The molecule has 0 aliphatic carbocycles. The summed E-state index contributed by atoms with van der Waals surface area (Å²) in [6.45, 7) is 0. The predicted octanol–water partition coefficient (Wildman–Crippen LogP) is 4.73. The number of hydrogen-bond acceptors (Lipinski definition) is 4. The molecule has 1 amide bonds. The third-order valence-electron chi connectivity index (χ3n) is 3.77. The van der Waals surface area contributed by atoms with Crippen molar-refractivity contribution in [3.63, 3.8) is 0 Å². The maximum Gasteiger partial charge on any atom is 0.267 e. The molecule has 5 nitrogen and oxygen atoms in total. The Morgan fingerprint density at radius 2 is 1.70 bits per heavy atom. The van der Waals surface area contributed by atoms with Crippen molar-refractivity contribution in [1.29, 1.82) is 0 Å². The molecule has 1 heterocycles. The Labute approximate surface area is 168 Å². The fourth-order valence-corrected chi connectivity index (χ4v) is 5.08. The summed E-state index contributed by atoms with van der Waals surface area (Å²) < 4.78 is 40.9. The summed E-state index contributed by atoms with van der Waals surface area (Å²) in [4.78, 5) is 12.6. The predicted molar refractivity (Wildman–Crippen MR) is 108 cm³/mol. The van der Waals surface area contributed by atoms with E-state index in [4.69, 9.17) is 0 Å². The monoisotopic (exact) mass is 468 g/mol. The molecule has 3 aromatic rings. The normalized spacial score (nSPS) is 11.2. The highest BCUT2D eigenvalue weighted by Gasteiger charge is 2.28. The first-order valence-corrected chi connectivity index (χ1v) is 10.8. The minimum absolute atomic E-state index is 0.0758. The van der Waals surface area contributed by atoms with Crippen molar-refractivity contribution < 1.29 is 17.6 Å². The summed E-state index contributed by atoms with van der Waals surface area (Å²) in [5, 5.41) is 4.23. The number of rotatable bonds is 5. The molecule has 0 spiro atoms. The van der Waals surface area contributed by atoms with Gasteiger partial charge in [0.2, 0.25) is 0 Å². The van der Waals surface area contributed by atoms with Gasteiger partial charge in [0.25, 0.3) is 15.9 Å². The van der Waals surface area contributed by atoms with E-state index >= 15 is 0 Å². The Balaban J connectivity index is 1.89. The average molecular weight is 469 g/mol. The van der Waals surface area contributed by atoms with Gasteiger partial charge in [0.05, 0.1) is 5.69 Å². The average Bonchev–Trinajstić information content (AvgIpc) is 3.14. The minimum atomic E-state index is -3.98. The molecule has 0 unspecified atom stereocenters. The van der Waals surface area contributed by atoms with Crippen LogP contribution in [0.5, 0.6) is 0 Å². The maximum atomic E-state index is 13.1. The summed E-state index contributed by atoms with van der Waals surface area (Å²) in [6.07, 6.45) is 0. The molecule has 1 N–H and O–H groups in total. The molecule has 2 aromatic carbocycles. The molecule has 9 heteroatoms. The lowest BCUT2D eigenvalue weighted by Gasteiger charge is -2.19. The second-order valence-corrected chi connectivity index (χ2v) is 9.29. The van der Waals surface area contributed by atoms with E-state index in [1.807, 2.05) is 0 Å². The van der Waals surface area contributed by atoms with Crippen LogP contribution < -0.4 is 9.62 Å². The number of carbonyl (C=O) groups is 1. The Bertz CT molecular complexity index is 1060. The van der Waals surface area contributed by atoms with Crippen molar-refractivity contribution in [2.75, 3.05) is 16.7 Å². The Hall–Kier alpha value is -2.23. The van der Waals surface area contributed by atoms with E-state index in [1.54, 1.807) is 29.6 Å². The van der Waals surface area contributed by atoms with E-state index in [0.717, 1.165) is 20.1 Å². The number of anilines is 2. The van der Waals surface area contributed by atoms with Crippen LogP contribution in [0.15, 0.2) is 69.3 Å². The summed E-state index contributed by atoms with van der Waals surface area (Å²) in [6, 6.07) is 13.4. The number of nitrogens with zero attached hydrogens (tertiary/aromatic N) is 1. The zero-order valence-electron chi connectivity index (χ0n) is 14.0. The molecule has 140 valence electrons. The van der Waals surface area contributed by atoms with E-state index in [-0.39, 0.29) is 9.77 Å². The van der Waals surface area contributed by atoms with Crippen LogP contribution in [0.3, 0.4) is 0 Å². The van der Waals surface area contributed by atoms with Gasteiger partial charge in [-0.15, -0.1) is 11.3 Å². The fourth-order valence-electron chi connectivity index (χ4n) is 2.32. The maximum absolute atomic E-state index is 13.1. The summed E-state index contributed by atoms with van der Waals surface area (Å²) in [5.41, 5.74) is 0.841. The van der Waals surface area contributed by atoms with Crippen molar-refractivity contribution >= 4 is 54.6 Å². The first-order chi connectivity index (χ1) is 12.8. The lowest BCUT2D eigenvalue weighted by atomic mass is 10.3. The van der Waals surface area contributed by atoms with Crippen molar-refractivity contribution in [3.8, 4) is 0 Å². The molecular weight excluding hydrogens is 455 g/mol. The fraction of sp³-hybridized carbons (Fsp3) is 0.0556. The number of carbonyl (C=O) groups excluding carboxylic acids is 1. The second kappa shape index (κ2) is 7.79. The molecule has 3 rings (SSSR count). The molecule has 1 aromatic heterocycles. The highest BCUT2D eigenvalue weighted by Crippen LogP contribution is 2.29. The lowest BCUT2D eigenvalue weighted by Crippen LogP contribution is -2.28. The highest BCUT2D eigenvalue weighted by molar-refractivity contribution is 9.10. The van der Waals surface area contributed by atoms with Crippen molar-refractivity contribution in [3.05, 3.63) is 75.1 Å². The molecule has 27 heavy (non-hydrogen) atoms. The number of hydrogen-bond donors (Lipinski definition) is 1. The van der Waals surface area contributed by atoms with Crippen LogP contribution in [-0.4, -0.2) is 21.4 Å². The van der Waals surface area contributed by atoms with Crippen LogP contribution in [0, 0.1) is 5.82 Å². The van der Waals surface area contributed by atoms with Gasteiger partial charge < -0.3 is 5.32 Å².